The van der Waals surface area contributed by atoms with Crippen molar-refractivity contribution in [3.63, 3.8) is 0 Å². The van der Waals surface area contributed by atoms with Crippen LogP contribution in [0.25, 0.3) is 11.0 Å². The van der Waals surface area contributed by atoms with Gasteiger partial charge in [-0.05, 0) is 57.7 Å². The van der Waals surface area contributed by atoms with E-state index in [0.717, 1.165) is 46.7 Å². The number of rotatable bonds is 7. The smallest absolute Gasteiger partial charge is 0.321 e. The largest absolute Gasteiger partial charge is 0.424 e. The zero-order chi connectivity index (χ0) is 21.2. The molecule has 0 atom stereocenters. The van der Waals surface area contributed by atoms with Crippen LogP contribution in [0.4, 0.5) is 5.95 Å². The Bertz CT molecular complexity index is 1190. The van der Waals surface area contributed by atoms with Gasteiger partial charge >= 0.3 is 6.01 Å². The Kier molecular flexibility index (Phi) is 5.57. The summed E-state index contributed by atoms with van der Waals surface area (Å²) < 4.78 is 13.9. The molecule has 0 radical (unpaired) electrons. The highest BCUT2D eigenvalue weighted by Crippen LogP contribution is 2.24. The summed E-state index contributed by atoms with van der Waals surface area (Å²) in [5, 5.41) is 3.44. The fourth-order valence-corrected chi connectivity index (χ4v) is 3.78. The van der Waals surface area contributed by atoms with Gasteiger partial charge in [-0.3, -0.25) is 0 Å². The van der Waals surface area contributed by atoms with Crippen molar-refractivity contribution >= 4 is 32.9 Å². The van der Waals surface area contributed by atoms with Crippen molar-refractivity contribution in [1.29, 1.82) is 0 Å². The third kappa shape index (κ3) is 4.55. The molecule has 8 heteroatoms. The van der Waals surface area contributed by atoms with Crippen LogP contribution in [0.1, 0.15) is 11.1 Å². The normalized spacial score (nSPS) is 13.9. The summed E-state index contributed by atoms with van der Waals surface area (Å²) in [6.45, 7) is 2.41. The van der Waals surface area contributed by atoms with Crippen molar-refractivity contribution in [3.8, 4) is 11.8 Å². The molecule has 0 bridgehead atoms. The Hall–Kier alpha value is -2.97. The Labute approximate surface area is 188 Å². The van der Waals surface area contributed by atoms with Crippen LogP contribution in [0, 0.1) is 5.92 Å². The Morgan fingerprint density at radius 1 is 1.10 bits per heavy atom. The second kappa shape index (κ2) is 8.64. The first kappa shape index (κ1) is 20.0. The molecule has 1 N–H and O–H groups in total. The number of nitrogens with zero attached hydrogens (tertiary/aromatic N) is 4. The summed E-state index contributed by atoms with van der Waals surface area (Å²) in [5.41, 5.74) is 4.60. The molecular weight excluding hydrogens is 458 g/mol. The van der Waals surface area contributed by atoms with E-state index in [1.54, 1.807) is 12.4 Å². The number of ether oxygens (including phenoxy) is 2. The lowest BCUT2D eigenvalue weighted by Crippen LogP contribution is -2.29. The van der Waals surface area contributed by atoms with E-state index in [1.807, 2.05) is 31.3 Å². The lowest BCUT2D eigenvalue weighted by Gasteiger charge is -2.25. The molecule has 3 heterocycles. The maximum absolute atomic E-state index is 5.67. The number of benzene rings is 2. The van der Waals surface area contributed by atoms with Crippen molar-refractivity contribution in [1.82, 2.24) is 19.5 Å². The first-order valence-corrected chi connectivity index (χ1v) is 10.9. The molecule has 0 spiro atoms. The van der Waals surface area contributed by atoms with Crippen molar-refractivity contribution in [3.05, 3.63) is 70.5 Å². The number of anilines is 1. The number of fused-ring (bicyclic) bond motifs is 1. The Balaban J connectivity index is 1.23. The summed E-state index contributed by atoms with van der Waals surface area (Å²) in [6.07, 6.45) is 4.37. The quantitative estimate of drug-likeness (QED) is 0.413. The summed E-state index contributed by atoms with van der Waals surface area (Å²) in [4.78, 5) is 13.0. The third-order valence-corrected chi connectivity index (χ3v) is 5.77. The fourth-order valence-electron chi connectivity index (χ4n) is 3.57. The molecule has 1 fully saturated rings. The van der Waals surface area contributed by atoms with Crippen LogP contribution in [0.3, 0.4) is 0 Å². The van der Waals surface area contributed by atoms with E-state index in [-0.39, 0.29) is 0 Å². The minimum Gasteiger partial charge on any atom is -0.424 e. The molecule has 1 aliphatic heterocycles. The maximum atomic E-state index is 5.67. The van der Waals surface area contributed by atoms with Crippen LogP contribution < -0.4 is 10.1 Å². The van der Waals surface area contributed by atoms with Gasteiger partial charge < -0.3 is 19.4 Å². The Morgan fingerprint density at radius 2 is 1.84 bits per heavy atom. The predicted octanol–water partition coefficient (Wildman–Crippen LogP) is 4.72. The van der Waals surface area contributed by atoms with Crippen molar-refractivity contribution in [2.45, 2.75) is 13.0 Å². The van der Waals surface area contributed by atoms with E-state index in [0.29, 0.717) is 24.2 Å². The molecule has 1 saturated heterocycles. The van der Waals surface area contributed by atoms with Gasteiger partial charge in [0, 0.05) is 31.9 Å². The summed E-state index contributed by atoms with van der Waals surface area (Å²) in [7, 11) is 2.04. The molecular formula is C23H22BrN5O2. The van der Waals surface area contributed by atoms with E-state index in [4.69, 9.17) is 14.5 Å². The molecule has 31 heavy (non-hydrogen) atoms. The first-order valence-electron chi connectivity index (χ1n) is 10.2. The van der Waals surface area contributed by atoms with Crippen molar-refractivity contribution in [2.75, 3.05) is 18.5 Å². The number of aromatic nitrogens is 4. The summed E-state index contributed by atoms with van der Waals surface area (Å²) >= 11 is 3.31. The van der Waals surface area contributed by atoms with Crippen LogP contribution in [0.2, 0.25) is 0 Å². The molecule has 4 aromatic rings. The SMILES string of the molecule is Cn1c(NCc2ccc(Oc3ncc(Br)cn3)cc2)nc2ccc(CC3COC3)cc21. The van der Waals surface area contributed by atoms with Gasteiger partial charge in [0.1, 0.15) is 5.75 Å². The number of nitrogens with one attached hydrogen (secondary N) is 1. The minimum absolute atomic E-state index is 0.318. The molecule has 158 valence electrons. The summed E-state index contributed by atoms with van der Waals surface area (Å²) in [5.74, 6) is 2.19. The number of hydrogen-bond acceptors (Lipinski definition) is 6. The van der Waals surface area contributed by atoms with Crippen molar-refractivity contribution in [2.24, 2.45) is 13.0 Å². The highest BCUT2D eigenvalue weighted by molar-refractivity contribution is 9.10. The predicted molar refractivity (Wildman–Crippen MR) is 122 cm³/mol. The van der Waals surface area contributed by atoms with Crippen molar-refractivity contribution < 1.29 is 9.47 Å². The maximum Gasteiger partial charge on any atom is 0.321 e. The Morgan fingerprint density at radius 3 is 2.55 bits per heavy atom. The van der Waals surface area contributed by atoms with E-state index < -0.39 is 0 Å². The van der Waals surface area contributed by atoms with Gasteiger partial charge in [-0.25, -0.2) is 15.0 Å². The number of halogens is 1. The average Bonchev–Trinajstić information content (AvgIpc) is 3.07. The monoisotopic (exact) mass is 479 g/mol. The van der Waals surface area contributed by atoms with Crippen LogP contribution in [-0.2, 0) is 24.8 Å². The van der Waals surface area contributed by atoms with Gasteiger partial charge in [-0.1, -0.05) is 18.2 Å². The van der Waals surface area contributed by atoms with Crippen LogP contribution >= 0.6 is 15.9 Å². The lowest BCUT2D eigenvalue weighted by atomic mass is 9.98. The van der Waals surface area contributed by atoms with Gasteiger partial charge in [0.05, 0.1) is 28.7 Å². The first-order chi connectivity index (χ1) is 15.1. The van der Waals surface area contributed by atoms with Gasteiger partial charge in [-0.2, -0.15) is 0 Å². The molecule has 0 unspecified atom stereocenters. The minimum atomic E-state index is 0.318. The molecule has 0 saturated carbocycles. The highest BCUT2D eigenvalue weighted by Gasteiger charge is 2.19. The average molecular weight is 480 g/mol. The van der Waals surface area contributed by atoms with Gasteiger partial charge in [-0.15, -0.1) is 0 Å². The van der Waals surface area contributed by atoms with Gasteiger partial charge in [0.15, 0.2) is 0 Å². The number of imidazole rings is 1. The molecule has 2 aromatic heterocycles. The van der Waals surface area contributed by atoms with E-state index in [1.165, 1.54) is 5.56 Å². The summed E-state index contributed by atoms with van der Waals surface area (Å²) in [6, 6.07) is 14.7. The van der Waals surface area contributed by atoms with Gasteiger partial charge in [0.2, 0.25) is 5.95 Å². The number of hydrogen-bond donors (Lipinski definition) is 1. The van der Waals surface area contributed by atoms with Gasteiger partial charge in [0.25, 0.3) is 0 Å². The molecule has 7 nitrogen and oxygen atoms in total. The van der Waals surface area contributed by atoms with E-state index in [9.17, 15) is 0 Å². The van der Waals surface area contributed by atoms with E-state index in [2.05, 4.69) is 54.0 Å². The zero-order valence-corrected chi connectivity index (χ0v) is 18.7. The lowest BCUT2D eigenvalue weighted by molar-refractivity contribution is -0.0312. The molecule has 2 aromatic carbocycles. The van der Waals surface area contributed by atoms with Crippen LogP contribution in [0.5, 0.6) is 11.8 Å². The standard InChI is InChI=1S/C23H22BrN5O2/c1-29-21-9-16(8-17-13-30-14-17)4-7-20(21)28-22(29)25-10-15-2-5-19(6-3-15)31-23-26-11-18(24)12-27-23/h2-7,9,11-12,17H,8,10,13-14H2,1H3,(H,25,28). The number of aryl methyl sites for hydroxylation is 1. The molecule has 1 aliphatic rings. The molecule has 5 rings (SSSR count). The van der Waals surface area contributed by atoms with E-state index >= 15 is 0 Å². The zero-order valence-electron chi connectivity index (χ0n) is 17.1. The topological polar surface area (TPSA) is 74.1 Å². The second-order valence-corrected chi connectivity index (χ2v) is 8.62. The van der Waals surface area contributed by atoms with Crippen LogP contribution in [-0.4, -0.2) is 32.7 Å². The third-order valence-electron chi connectivity index (χ3n) is 5.36. The fraction of sp³-hybridized carbons (Fsp3) is 0.261. The molecule has 0 aliphatic carbocycles. The second-order valence-electron chi connectivity index (χ2n) is 7.71. The highest BCUT2D eigenvalue weighted by atomic mass is 79.9. The van der Waals surface area contributed by atoms with Crippen LogP contribution in [0.15, 0.2) is 59.3 Å². The molecule has 0 amide bonds.